The van der Waals surface area contributed by atoms with Gasteiger partial charge in [-0.25, -0.2) is 13.4 Å². The Balaban J connectivity index is 1.27. The molecule has 2 aromatic carbocycles. The number of nitrogens with one attached hydrogen (secondary N) is 1. The van der Waals surface area contributed by atoms with Crippen LogP contribution in [0.15, 0.2) is 64.4 Å². The highest BCUT2D eigenvalue weighted by atomic mass is 32.2. The van der Waals surface area contributed by atoms with Crippen LogP contribution in [0.25, 0.3) is 22.2 Å². The van der Waals surface area contributed by atoms with Crippen molar-refractivity contribution in [3.05, 3.63) is 76.2 Å². The smallest absolute Gasteiger partial charge is 0.260 e. The molecule has 2 aromatic heterocycles. The van der Waals surface area contributed by atoms with E-state index in [2.05, 4.69) is 34.6 Å². The summed E-state index contributed by atoms with van der Waals surface area (Å²) in [5.41, 5.74) is 4.53. The largest absolute Gasteiger partial charge is 0.324 e. The molecular formula is C32H34N4O3S. The molecule has 0 bridgehead atoms. The van der Waals surface area contributed by atoms with E-state index in [4.69, 9.17) is 4.98 Å². The summed E-state index contributed by atoms with van der Waals surface area (Å²) in [7, 11) is -3.39. The summed E-state index contributed by atoms with van der Waals surface area (Å²) < 4.78 is 27.9. The van der Waals surface area contributed by atoms with Crippen molar-refractivity contribution in [3.63, 3.8) is 0 Å². The van der Waals surface area contributed by atoms with E-state index < -0.39 is 9.84 Å². The summed E-state index contributed by atoms with van der Waals surface area (Å²) in [4.78, 5) is 23.7. The number of fused-ring (bicyclic) bond motifs is 1. The monoisotopic (exact) mass is 554 g/mol. The van der Waals surface area contributed by atoms with Crippen LogP contribution in [0.5, 0.6) is 0 Å². The van der Waals surface area contributed by atoms with E-state index in [9.17, 15) is 13.2 Å². The zero-order valence-electron chi connectivity index (χ0n) is 22.8. The number of sulfone groups is 1. The van der Waals surface area contributed by atoms with E-state index in [0.717, 1.165) is 23.9 Å². The lowest BCUT2D eigenvalue weighted by atomic mass is 9.98. The number of pyridine rings is 1. The molecule has 4 aromatic rings. The number of hydrogen-bond acceptors (Lipinski definition) is 6. The summed E-state index contributed by atoms with van der Waals surface area (Å²) >= 11 is 0. The van der Waals surface area contributed by atoms with Gasteiger partial charge in [0.2, 0.25) is 5.95 Å². The highest BCUT2D eigenvalue weighted by Crippen LogP contribution is 2.38. The van der Waals surface area contributed by atoms with Crippen molar-refractivity contribution in [2.75, 3.05) is 5.32 Å². The maximum absolute atomic E-state index is 14.0. The van der Waals surface area contributed by atoms with Crippen molar-refractivity contribution in [3.8, 4) is 11.1 Å². The molecule has 206 valence electrons. The molecule has 2 heterocycles. The van der Waals surface area contributed by atoms with Gasteiger partial charge in [0, 0.05) is 29.4 Å². The van der Waals surface area contributed by atoms with Gasteiger partial charge in [-0.3, -0.25) is 9.36 Å². The Bertz CT molecular complexity index is 1760. The van der Waals surface area contributed by atoms with Crippen molar-refractivity contribution >= 4 is 32.5 Å². The van der Waals surface area contributed by atoms with Crippen LogP contribution in [0.4, 0.5) is 11.6 Å². The van der Waals surface area contributed by atoms with Gasteiger partial charge in [0.15, 0.2) is 9.84 Å². The van der Waals surface area contributed by atoms with Crippen LogP contribution in [0.1, 0.15) is 68.4 Å². The zero-order chi connectivity index (χ0) is 27.4. The fraction of sp³-hybridized carbons (Fsp3) is 0.406. The molecule has 3 fully saturated rings. The normalized spacial score (nSPS) is 17.9. The quantitative estimate of drug-likeness (QED) is 0.267. The number of aromatic nitrogens is 3. The van der Waals surface area contributed by atoms with Gasteiger partial charge in [-0.05, 0) is 98.2 Å². The minimum Gasteiger partial charge on any atom is -0.324 e. The first-order chi connectivity index (χ1) is 19.4. The molecule has 0 atom stereocenters. The maximum atomic E-state index is 14.0. The summed E-state index contributed by atoms with van der Waals surface area (Å²) in [5.74, 6) is 1.56. The number of anilines is 2. The molecule has 3 aliphatic rings. The third-order valence-electron chi connectivity index (χ3n) is 8.80. The third kappa shape index (κ3) is 4.72. The average Bonchev–Trinajstić information content (AvgIpc) is 3.90. The van der Waals surface area contributed by atoms with Crippen LogP contribution in [0.3, 0.4) is 0 Å². The van der Waals surface area contributed by atoms with Gasteiger partial charge in [-0.1, -0.05) is 37.1 Å². The minimum atomic E-state index is -3.39. The molecule has 0 unspecified atom stereocenters. The van der Waals surface area contributed by atoms with Crippen LogP contribution >= 0.6 is 0 Å². The summed E-state index contributed by atoms with van der Waals surface area (Å²) in [6.07, 6.45) is 10.5. The Morgan fingerprint density at radius 1 is 0.950 bits per heavy atom. The summed E-state index contributed by atoms with van der Waals surface area (Å²) in [5, 5.41) is 3.77. The molecule has 40 heavy (non-hydrogen) atoms. The van der Waals surface area contributed by atoms with Gasteiger partial charge in [-0.2, -0.15) is 4.98 Å². The second kappa shape index (κ2) is 9.84. The van der Waals surface area contributed by atoms with E-state index in [0.29, 0.717) is 64.4 Å². The molecular weight excluding hydrogens is 520 g/mol. The molecule has 0 amide bonds. The first-order valence-electron chi connectivity index (χ1n) is 14.5. The molecule has 3 aliphatic carbocycles. The van der Waals surface area contributed by atoms with Gasteiger partial charge < -0.3 is 5.32 Å². The van der Waals surface area contributed by atoms with E-state index in [1.807, 2.05) is 12.1 Å². The van der Waals surface area contributed by atoms with Crippen LogP contribution in [-0.2, 0) is 16.4 Å². The van der Waals surface area contributed by atoms with E-state index in [1.54, 1.807) is 29.8 Å². The van der Waals surface area contributed by atoms with E-state index in [-0.39, 0.29) is 10.8 Å². The molecule has 1 N–H and O–H groups in total. The second-order valence-corrected chi connectivity index (χ2v) is 14.0. The van der Waals surface area contributed by atoms with Gasteiger partial charge in [0.05, 0.1) is 10.1 Å². The molecule has 8 heteroatoms. The van der Waals surface area contributed by atoms with Crippen LogP contribution in [0, 0.1) is 12.8 Å². The highest BCUT2D eigenvalue weighted by molar-refractivity contribution is 7.92. The molecule has 7 nitrogen and oxygen atoms in total. The predicted molar refractivity (Wildman–Crippen MR) is 158 cm³/mol. The van der Waals surface area contributed by atoms with Gasteiger partial charge >= 0.3 is 0 Å². The average molecular weight is 555 g/mol. The van der Waals surface area contributed by atoms with Crippen molar-refractivity contribution in [1.82, 2.24) is 14.5 Å². The second-order valence-electron chi connectivity index (χ2n) is 11.8. The SMILES string of the molecule is Cc1c(-c2cc3cnc(Nc4ccc(C5CCCC5)cc4)nc3n(CC3CC3)c2=O)cccc1S(=O)(=O)C1CC1. The maximum Gasteiger partial charge on any atom is 0.260 e. The standard InChI is InChI=1S/C32H34N4O3S/c1-20-27(7-4-8-29(20)40(38,39)26-15-16-26)28-17-24-18-33-32(35-30(24)36(31(28)37)19-21-9-10-21)34-25-13-11-23(12-14-25)22-5-2-3-6-22/h4,7-8,11-14,17-18,21-22,26H,2-3,5-6,9-10,15-16,19H2,1H3,(H,33,34,35). The Kier molecular flexibility index (Phi) is 6.26. The minimum absolute atomic E-state index is 0.144. The highest BCUT2D eigenvalue weighted by Gasteiger charge is 2.38. The molecule has 0 saturated heterocycles. The van der Waals surface area contributed by atoms with Crippen molar-refractivity contribution in [2.45, 2.75) is 80.9 Å². The zero-order valence-corrected chi connectivity index (χ0v) is 23.6. The summed E-state index contributed by atoms with van der Waals surface area (Å²) in [6.45, 7) is 2.40. The lowest BCUT2D eigenvalue weighted by Crippen LogP contribution is -2.24. The molecule has 0 aliphatic heterocycles. The van der Waals surface area contributed by atoms with E-state index in [1.165, 1.54) is 31.2 Å². The molecule has 0 spiro atoms. The molecule has 3 saturated carbocycles. The lowest BCUT2D eigenvalue weighted by Gasteiger charge is -2.16. The molecule has 0 radical (unpaired) electrons. The van der Waals surface area contributed by atoms with Crippen molar-refractivity contribution < 1.29 is 8.42 Å². The predicted octanol–water partition coefficient (Wildman–Crippen LogP) is 6.51. The fourth-order valence-corrected chi connectivity index (χ4v) is 8.06. The van der Waals surface area contributed by atoms with Crippen LogP contribution < -0.4 is 10.9 Å². The molecule has 7 rings (SSSR count). The van der Waals surface area contributed by atoms with Crippen LogP contribution in [-0.4, -0.2) is 28.2 Å². The Hall–Kier alpha value is -3.52. The Morgan fingerprint density at radius 2 is 1.70 bits per heavy atom. The van der Waals surface area contributed by atoms with Crippen LogP contribution in [0.2, 0.25) is 0 Å². The lowest BCUT2D eigenvalue weighted by molar-refractivity contribution is 0.594. The van der Waals surface area contributed by atoms with Crippen molar-refractivity contribution in [2.24, 2.45) is 5.92 Å². The first kappa shape index (κ1) is 25.4. The van der Waals surface area contributed by atoms with E-state index >= 15 is 0 Å². The fourth-order valence-electron chi connectivity index (χ4n) is 6.14. The summed E-state index contributed by atoms with van der Waals surface area (Å²) in [6, 6.07) is 15.6. The number of rotatable bonds is 8. The topological polar surface area (TPSA) is 93.9 Å². The number of benzene rings is 2. The van der Waals surface area contributed by atoms with Crippen molar-refractivity contribution in [1.29, 1.82) is 0 Å². The Morgan fingerprint density at radius 3 is 2.40 bits per heavy atom. The first-order valence-corrected chi connectivity index (χ1v) is 16.0. The third-order valence-corrected chi connectivity index (χ3v) is 11.2. The van der Waals surface area contributed by atoms with Gasteiger partial charge in [-0.15, -0.1) is 0 Å². The number of nitrogens with zero attached hydrogens (tertiary/aromatic N) is 3. The number of hydrogen-bond donors (Lipinski definition) is 1. The van der Waals surface area contributed by atoms with Gasteiger partial charge in [0.1, 0.15) is 5.65 Å². The Labute approximate surface area is 234 Å². The van der Waals surface area contributed by atoms with Gasteiger partial charge in [0.25, 0.3) is 5.56 Å².